The topological polar surface area (TPSA) is 145 Å². The number of hydrogen-bond acceptors (Lipinski definition) is 6. The fourth-order valence-electron chi connectivity index (χ4n) is 2.08. The van der Waals surface area contributed by atoms with Crippen molar-refractivity contribution in [3.63, 3.8) is 0 Å². The largest absolute Gasteiger partial charge is 0.508 e. The lowest BCUT2D eigenvalue weighted by Gasteiger charge is -2.12. The van der Waals surface area contributed by atoms with Gasteiger partial charge in [-0.25, -0.2) is 4.79 Å². The molecule has 1 atom stereocenters. The van der Waals surface area contributed by atoms with Crippen molar-refractivity contribution in [1.82, 2.24) is 0 Å². The molecule has 0 amide bonds. The number of phenols is 1. The summed E-state index contributed by atoms with van der Waals surface area (Å²) in [6.45, 7) is 0. The van der Waals surface area contributed by atoms with Crippen molar-refractivity contribution >= 4 is 28.5 Å². The third-order valence-corrected chi connectivity index (χ3v) is 3.08. The first kappa shape index (κ1) is 16.2. The number of aliphatic carboxylic acids is 2. The molecule has 0 aliphatic heterocycles. The van der Waals surface area contributed by atoms with Crippen LogP contribution in [0.25, 0.3) is 16.5 Å². The Bertz CT molecular complexity index is 861. The summed E-state index contributed by atoms with van der Waals surface area (Å²) in [5.74, 6) is -2.93. The van der Waals surface area contributed by atoms with Gasteiger partial charge in [-0.15, -0.1) is 0 Å². The number of fused-ring (bicyclic) bond motifs is 1. The van der Waals surface area contributed by atoms with Gasteiger partial charge in [-0.3, -0.25) is 9.59 Å². The SMILES string of the molecule is O=C(O)C=C(c1coc2cc(O)ccc2c1=O)C(O)CC(=O)O. The first-order valence-corrected chi connectivity index (χ1v) is 6.39. The number of hydrogen-bond donors (Lipinski definition) is 4. The van der Waals surface area contributed by atoms with Gasteiger partial charge in [0.2, 0.25) is 0 Å². The molecule has 0 fully saturated rings. The van der Waals surface area contributed by atoms with E-state index in [-0.39, 0.29) is 27.9 Å². The lowest BCUT2D eigenvalue weighted by molar-refractivity contribution is -0.138. The summed E-state index contributed by atoms with van der Waals surface area (Å²) in [6.07, 6.45) is -0.983. The van der Waals surface area contributed by atoms with E-state index in [0.717, 1.165) is 6.26 Å². The third-order valence-electron chi connectivity index (χ3n) is 3.08. The van der Waals surface area contributed by atoms with Crippen molar-refractivity contribution in [2.45, 2.75) is 12.5 Å². The molecule has 23 heavy (non-hydrogen) atoms. The smallest absolute Gasteiger partial charge is 0.328 e. The van der Waals surface area contributed by atoms with E-state index in [1.165, 1.54) is 18.2 Å². The zero-order valence-electron chi connectivity index (χ0n) is 11.6. The predicted molar refractivity (Wildman–Crippen MR) is 78.0 cm³/mol. The Balaban J connectivity index is 2.64. The van der Waals surface area contributed by atoms with Gasteiger partial charge in [-0.05, 0) is 12.1 Å². The minimum absolute atomic E-state index is 0.0547. The Kier molecular flexibility index (Phi) is 4.47. The average Bonchev–Trinajstić information content (AvgIpc) is 2.44. The summed E-state index contributed by atoms with van der Waals surface area (Å²) in [5, 5.41) is 36.9. The molecule has 120 valence electrons. The number of aliphatic hydroxyl groups is 1. The van der Waals surface area contributed by atoms with Crippen molar-refractivity contribution in [1.29, 1.82) is 0 Å². The number of carboxylic acid groups (broad SMARTS) is 2. The molecular weight excluding hydrogens is 308 g/mol. The van der Waals surface area contributed by atoms with Crippen molar-refractivity contribution in [3.05, 3.63) is 46.3 Å². The standard InChI is InChI=1S/C15H12O8/c16-7-1-2-8-12(3-7)23-6-10(15(8)22)9(4-13(18)19)11(17)5-14(20)21/h1-4,6,11,16-17H,5H2,(H,18,19)(H,20,21). The van der Waals surface area contributed by atoms with Crippen LogP contribution in [-0.4, -0.2) is 38.5 Å². The maximum Gasteiger partial charge on any atom is 0.328 e. The fraction of sp³-hybridized carbons (Fsp3) is 0.133. The van der Waals surface area contributed by atoms with Gasteiger partial charge >= 0.3 is 11.9 Å². The number of rotatable bonds is 5. The second kappa shape index (κ2) is 6.32. The van der Waals surface area contributed by atoms with Crippen molar-refractivity contribution in [2.24, 2.45) is 0 Å². The minimum atomic E-state index is -1.69. The second-order valence-corrected chi connectivity index (χ2v) is 4.71. The van der Waals surface area contributed by atoms with Crippen LogP contribution in [0.15, 0.2) is 39.7 Å². The Morgan fingerprint density at radius 3 is 2.57 bits per heavy atom. The van der Waals surface area contributed by atoms with Crippen LogP contribution in [0, 0.1) is 0 Å². The summed E-state index contributed by atoms with van der Waals surface area (Å²) < 4.78 is 5.17. The summed E-state index contributed by atoms with van der Waals surface area (Å²) in [5.41, 5.74) is -1.22. The number of carbonyl (C=O) groups is 2. The zero-order valence-corrected chi connectivity index (χ0v) is 11.6. The van der Waals surface area contributed by atoms with E-state index in [1.54, 1.807) is 0 Å². The molecule has 1 heterocycles. The number of carboxylic acids is 2. The normalized spacial score (nSPS) is 13.0. The van der Waals surface area contributed by atoms with Crippen LogP contribution in [0.4, 0.5) is 0 Å². The minimum Gasteiger partial charge on any atom is -0.508 e. The van der Waals surface area contributed by atoms with Gasteiger partial charge in [0, 0.05) is 17.7 Å². The molecule has 0 aliphatic carbocycles. The lowest BCUT2D eigenvalue weighted by Crippen LogP contribution is -2.20. The Hall–Kier alpha value is -3.13. The highest BCUT2D eigenvalue weighted by Gasteiger charge is 2.22. The van der Waals surface area contributed by atoms with Gasteiger partial charge in [-0.2, -0.15) is 0 Å². The number of aromatic hydroxyl groups is 1. The highest BCUT2D eigenvalue weighted by atomic mass is 16.4. The van der Waals surface area contributed by atoms with Crippen molar-refractivity contribution < 1.29 is 34.4 Å². The molecule has 0 spiro atoms. The molecule has 0 saturated heterocycles. The zero-order chi connectivity index (χ0) is 17.1. The molecule has 0 radical (unpaired) electrons. The first-order valence-electron chi connectivity index (χ1n) is 6.39. The maximum absolute atomic E-state index is 12.4. The van der Waals surface area contributed by atoms with Crippen LogP contribution in [0.1, 0.15) is 12.0 Å². The molecule has 8 heteroatoms. The molecule has 8 nitrogen and oxygen atoms in total. The predicted octanol–water partition coefficient (Wildman–Crippen LogP) is 0.802. The monoisotopic (exact) mass is 320 g/mol. The van der Waals surface area contributed by atoms with Gasteiger partial charge in [0.05, 0.1) is 23.5 Å². The summed E-state index contributed by atoms with van der Waals surface area (Å²) in [7, 11) is 0. The lowest BCUT2D eigenvalue weighted by atomic mass is 9.98. The van der Waals surface area contributed by atoms with Crippen LogP contribution < -0.4 is 5.43 Å². The van der Waals surface area contributed by atoms with Crippen LogP contribution in [0.3, 0.4) is 0 Å². The molecule has 0 bridgehead atoms. The Labute approximate surface area is 128 Å². The van der Waals surface area contributed by atoms with E-state index in [0.29, 0.717) is 6.08 Å². The quantitative estimate of drug-likeness (QED) is 0.592. The summed E-state index contributed by atoms with van der Waals surface area (Å²) in [6, 6.07) is 3.73. The van der Waals surface area contributed by atoms with Crippen LogP contribution in [0.5, 0.6) is 5.75 Å². The van der Waals surface area contributed by atoms with Gasteiger partial charge in [0.25, 0.3) is 0 Å². The maximum atomic E-state index is 12.4. The molecule has 1 aromatic carbocycles. The Morgan fingerprint density at radius 1 is 1.26 bits per heavy atom. The average molecular weight is 320 g/mol. The van der Waals surface area contributed by atoms with Crippen LogP contribution >= 0.6 is 0 Å². The number of aliphatic hydroxyl groups excluding tert-OH is 1. The van der Waals surface area contributed by atoms with Gasteiger partial charge in [0.1, 0.15) is 17.6 Å². The third kappa shape index (κ3) is 3.55. The molecular formula is C15H12O8. The van der Waals surface area contributed by atoms with E-state index < -0.39 is 29.9 Å². The molecule has 4 N–H and O–H groups in total. The first-order chi connectivity index (χ1) is 10.8. The molecule has 1 unspecified atom stereocenters. The van der Waals surface area contributed by atoms with Crippen LogP contribution in [0.2, 0.25) is 0 Å². The fourth-order valence-corrected chi connectivity index (χ4v) is 2.08. The summed E-state index contributed by atoms with van der Waals surface area (Å²) in [4.78, 5) is 34.0. The molecule has 2 rings (SSSR count). The molecule has 1 aromatic heterocycles. The van der Waals surface area contributed by atoms with Gasteiger partial charge in [0.15, 0.2) is 5.43 Å². The van der Waals surface area contributed by atoms with E-state index in [1.807, 2.05) is 0 Å². The highest BCUT2D eigenvalue weighted by molar-refractivity contribution is 5.93. The number of benzene rings is 1. The van der Waals surface area contributed by atoms with Gasteiger partial charge < -0.3 is 24.8 Å². The number of phenolic OH excluding ortho intramolecular Hbond substituents is 1. The highest BCUT2D eigenvalue weighted by Crippen LogP contribution is 2.23. The van der Waals surface area contributed by atoms with Gasteiger partial charge in [-0.1, -0.05) is 0 Å². The van der Waals surface area contributed by atoms with E-state index in [9.17, 15) is 24.6 Å². The molecule has 0 saturated carbocycles. The van der Waals surface area contributed by atoms with E-state index in [4.69, 9.17) is 14.6 Å². The van der Waals surface area contributed by atoms with E-state index >= 15 is 0 Å². The van der Waals surface area contributed by atoms with Crippen LogP contribution in [-0.2, 0) is 9.59 Å². The van der Waals surface area contributed by atoms with Crippen molar-refractivity contribution in [3.8, 4) is 5.75 Å². The van der Waals surface area contributed by atoms with Crippen molar-refractivity contribution in [2.75, 3.05) is 0 Å². The molecule has 2 aromatic rings. The van der Waals surface area contributed by atoms with E-state index in [2.05, 4.69) is 0 Å². The Morgan fingerprint density at radius 2 is 1.96 bits per heavy atom. The summed E-state index contributed by atoms with van der Waals surface area (Å²) >= 11 is 0. The second-order valence-electron chi connectivity index (χ2n) is 4.71. The molecule has 0 aliphatic rings.